The van der Waals surface area contributed by atoms with E-state index in [0.29, 0.717) is 11.7 Å². The lowest BCUT2D eigenvalue weighted by atomic mass is 10.1. The Morgan fingerprint density at radius 3 is 2.96 bits per heavy atom. The first kappa shape index (κ1) is 16.0. The van der Waals surface area contributed by atoms with Crippen molar-refractivity contribution in [2.45, 2.75) is 33.2 Å². The summed E-state index contributed by atoms with van der Waals surface area (Å²) in [4.78, 5) is 4.59. The highest BCUT2D eigenvalue weighted by molar-refractivity contribution is 5.55. The standard InChI is InChI=1S/C19H23N5O/c1-13-8-14(2)24(22-13)12-16-4-3-5-17(9-16)19-21-18(25-23-19)10-15-6-7-20-11-15/h3-5,8-9,15,20H,6-7,10-12H2,1-2H3. The molecule has 1 unspecified atom stereocenters. The lowest BCUT2D eigenvalue weighted by Gasteiger charge is -2.05. The quantitative estimate of drug-likeness (QED) is 0.775. The van der Waals surface area contributed by atoms with E-state index in [4.69, 9.17) is 4.52 Å². The third-order valence-electron chi connectivity index (χ3n) is 4.71. The van der Waals surface area contributed by atoms with Crippen LogP contribution in [0.5, 0.6) is 0 Å². The number of aromatic nitrogens is 4. The van der Waals surface area contributed by atoms with Gasteiger partial charge in [-0.1, -0.05) is 23.4 Å². The largest absolute Gasteiger partial charge is 0.339 e. The molecule has 0 radical (unpaired) electrons. The Kier molecular flexibility index (Phi) is 4.36. The van der Waals surface area contributed by atoms with Gasteiger partial charge in [0, 0.05) is 17.7 Å². The molecular formula is C19H23N5O. The van der Waals surface area contributed by atoms with Crippen molar-refractivity contribution in [2.24, 2.45) is 5.92 Å². The molecule has 1 N–H and O–H groups in total. The van der Waals surface area contributed by atoms with Gasteiger partial charge in [0.15, 0.2) is 0 Å². The van der Waals surface area contributed by atoms with Crippen LogP contribution in [0.4, 0.5) is 0 Å². The lowest BCUT2D eigenvalue weighted by Crippen LogP contribution is -2.10. The van der Waals surface area contributed by atoms with E-state index in [1.165, 1.54) is 12.0 Å². The fraction of sp³-hybridized carbons (Fsp3) is 0.421. The number of nitrogens with one attached hydrogen (secondary N) is 1. The van der Waals surface area contributed by atoms with E-state index in [2.05, 4.69) is 45.7 Å². The Hall–Kier alpha value is -2.47. The topological polar surface area (TPSA) is 68.8 Å². The molecule has 0 spiro atoms. The Labute approximate surface area is 147 Å². The van der Waals surface area contributed by atoms with Gasteiger partial charge in [-0.25, -0.2) is 0 Å². The summed E-state index contributed by atoms with van der Waals surface area (Å²) in [6, 6.07) is 10.4. The van der Waals surface area contributed by atoms with Crippen LogP contribution in [0.3, 0.4) is 0 Å². The molecule has 1 fully saturated rings. The van der Waals surface area contributed by atoms with Crippen LogP contribution < -0.4 is 5.32 Å². The molecule has 3 heterocycles. The van der Waals surface area contributed by atoms with Gasteiger partial charge in [-0.05, 0) is 57.0 Å². The summed E-state index contributed by atoms with van der Waals surface area (Å²) in [6.45, 7) is 6.95. The van der Waals surface area contributed by atoms with E-state index in [9.17, 15) is 0 Å². The highest BCUT2D eigenvalue weighted by Crippen LogP contribution is 2.20. The Balaban J connectivity index is 1.51. The van der Waals surface area contributed by atoms with Crippen LogP contribution in [-0.2, 0) is 13.0 Å². The van der Waals surface area contributed by atoms with E-state index < -0.39 is 0 Å². The van der Waals surface area contributed by atoms with Gasteiger partial charge in [0.05, 0.1) is 12.2 Å². The zero-order valence-electron chi connectivity index (χ0n) is 14.7. The molecule has 0 aliphatic carbocycles. The minimum absolute atomic E-state index is 0.602. The van der Waals surface area contributed by atoms with Crippen LogP contribution in [0.25, 0.3) is 11.4 Å². The smallest absolute Gasteiger partial charge is 0.227 e. The first-order chi connectivity index (χ1) is 12.2. The van der Waals surface area contributed by atoms with Gasteiger partial charge in [-0.2, -0.15) is 10.1 Å². The fourth-order valence-electron chi connectivity index (χ4n) is 3.41. The van der Waals surface area contributed by atoms with Crippen LogP contribution in [0.1, 0.15) is 29.3 Å². The van der Waals surface area contributed by atoms with Crippen molar-refractivity contribution in [1.29, 1.82) is 0 Å². The van der Waals surface area contributed by atoms with Crippen LogP contribution in [0.15, 0.2) is 34.9 Å². The molecule has 4 rings (SSSR count). The van der Waals surface area contributed by atoms with Crippen molar-refractivity contribution in [3.63, 3.8) is 0 Å². The van der Waals surface area contributed by atoms with Crippen LogP contribution >= 0.6 is 0 Å². The molecule has 25 heavy (non-hydrogen) atoms. The Morgan fingerprint density at radius 1 is 1.28 bits per heavy atom. The monoisotopic (exact) mass is 337 g/mol. The number of nitrogens with zero attached hydrogens (tertiary/aromatic N) is 4. The molecule has 1 aromatic carbocycles. The minimum Gasteiger partial charge on any atom is -0.339 e. The third-order valence-corrected chi connectivity index (χ3v) is 4.71. The average Bonchev–Trinajstić information content (AvgIpc) is 3.32. The number of aryl methyl sites for hydroxylation is 2. The highest BCUT2D eigenvalue weighted by atomic mass is 16.5. The van der Waals surface area contributed by atoms with E-state index >= 15 is 0 Å². The van der Waals surface area contributed by atoms with Gasteiger partial charge in [0.2, 0.25) is 11.7 Å². The second-order valence-corrected chi connectivity index (χ2v) is 6.86. The molecule has 0 bridgehead atoms. The van der Waals surface area contributed by atoms with Crippen molar-refractivity contribution in [3.8, 4) is 11.4 Å². The summed E-state index contributed by atoms with van der Waals surface area (Å²) in [7, 11) is 0. The summed E-state index contributed by atoms with van der Waals surface area (Å²) in [5.41, 5.74) is 4.36. The molecular weight excluding hydrogens is 314 g/mol. The van der Waals surface area contributed by atoms with Crippen LogP contribution in [0.2, 0.25) is 0 Å². The van der Waals surface area contributed by atoms with Crippen LogP contribution in [-0.4, -0.2) is 33.0 Å². The Morgan fingerprint density at radius 2 is 2.20 bits per heavy atom. The van der Waals surface area contributed by atoms with Crippen molar-refractivity contribution >= 4 is 0 Å². The lowest BCUT2D eigenvalue weighted by molar-refractivity contribution is 0.358. The molecule has 3 aromatic rings. The number of benzene rings is 1. The first-order valence-corrected chi connectivity index (χ1v) is 8.81. The van der Waals surface area contributed by atoms with E-state index in [1.54, 1.807) is 0 Å². The number of rotatable bonds is 5. The van der Waals surface area contributed by atoms with Crippen molar-refractivity contribution in [3.05, 3.63) is 53.2 Å². The molecule has 6 heteroatoms. The molecule has 1 atom stereocenters. The molecule has 1 saturated heterocycles. The highest BCUT2D eigenvalue weighted by Gasteiger charge is 2.19. The van der Waals surface area contributed by atoms with Gasteiger partial charge in [-0.15, -0.1) is 0 Å². The molecule has 0 amide bonds. The summed E-state index contributed by atoms with van der Waals surface area (Å²) in [6.07, 6.45) is 2.03. The summed E-state index contributed by atoms with van der Waals surface area (Å²) >= 11 is 0. The van der Waals surface area contributed by atoms with Gasteiger partial charge < -0.3 is 9.84 Å². The summed E-state index contributed by atoms with van der Waals surface area (Å²) < 4.78 is 7.47. The van der Waals surface area contributed by atoms with Gasteiger partial charge in [0.25, 0.3) is 0 Å². The predicted molar refractivity (Wildman–Crippen MR) is 95.2 cm³/mol. The maximum absolute atomic E-state index is 5.46. The van der Waals surface area contributed by atoms with Crippen molar-refractivity contribution in [2.75, 3.05) is 13.1 Å². The number of hydrogen-bond donors (Lipinski definition) is 1. The van der Waals surface area contributed by atoms with Gasteiger partial charge in [-0.3, -0.25) is 4.68 Å². The molecule has 2 aromatic heterocycles. The normalized spacial score (nSPS) is 17.3. The minimum atomic E-state index is 0.602. The molecule has 1 aliphatic heterocycles. The molecule has 1 aliphatic rings. The zero-order valence-corrected chi connectivity index (χ0v) is 14.7. The third kappa shape index (κ3) is 3.64. The van der Waals surface area contributed by atoms with Crippen LogP contribution in [0, 0.1) is 19.8 Å². The maximum Gasteiger partial charge on any atom is 0.227 e. The van der Waals surface area contributed by atoms with Crippen molar-refractivity contribution < 1.29 is 4.52 Å². The molecule has 130 valence electrons. The SMILES string of the molecule is Cc1cc(C)n(Cc2cccc(-c3noc(CC4CCNC4)n3)c2)n1. The summed E-state index contributed by atoms with van der Waals surface area (Å²) in [5, 5.41) is 12.1. The fourth-order valence-corrected chi connectivity index (χ4v) is 3.41. The second-order valence-electron chi connectivity index (χ2n) is 6.86. The first-order valence-electron chi connectivity index (χ1n) is 8.81. The number of hydrogen-bond acceptors (Lipinski definition) is 5. The van der Waals surface area contributed by atoms with E-state index in [0.717, 1.165) is 48.9 Å². The maximum atomic E-state index is 5.46. The molecule has 6 nitrogen and oxygen atoms in total. The second kappa shape index (κ2) is 6.80. The average molecular weight is 337 g/mol. The van der Waals surface area contributed by atoms with E-state index in [1.807, 2.05) is 23.7 Å². The zero-order chi connectivity index (χ0) is 17.2. The Bertz CT molecular complexity index is 860. The van der Waals surface area contributed by atoms with Gasteiger partial charge in [0.1, 0.15) is 0 Å². The molecule has 0 saturated carbocycles. The summed E-state index contributed by atoms with van der Waals surface area (Å²) in [5.74, 6) is 1.99. The van der Waals surface area contributed by atoms with Crippen molar-refractivity contribution in [1.82, 2.24) is 25.2 Å². The predicted octanol–water partition coefficient (Wildman–Crippen LogP) is 2.75. The van der Waals surface area contributed by atoms with Gasteiger partial charge >= 0.3 is 0 Å². The van der Waals surface area contributed by atoms with E-state index in [-0.39, 0.29) is 0 Å².